The summed E-state index contributed by atoms with van der Waals surface area (Å²) in [5, 5.41) is 0.588. The number of carbonyl (C=O) groups is 3. The molecule has 0 saturated carbocycles. The second kappa shape index (κ2) is 8.75. The molecule has 146 valence electrons. The molecule has 2 aromatic carbocycles. The Morgan fingerprint density at radius 2 is 1.79 bits per heavy atom. The molecule has 0 aliphatic carbocycles. The number of ether oxygens (including phenoxy) is 1. The summed E-state index contributed by atoms with van der Waals surface area (Å²) >= 11 is 5.81. The summed E-state index contributed by atoms with van der Waals surface area (Å²) in [5.41, 5.74) is 6.27. The summed E-state index contributed by atoms with van der Waals surface area (Å²) in [6.45, 7) is 0.254. The Balaban J connectivity index is 1.51. The number of nitrogens with zero attached hydrogens (tertiary/aromatic N) is 1. The molecule has 2 aromatic rings. The third-order valence-electron chi connectivity index (χ3n) is 4.48. The highest BCUT2D eigenvalue weighted by molar-refractivity contribution is 6.30. The molecule has 7 nitrogen and oxygen atoms in total. The van der Waals surface area contributed by atoms with Crippen LogP contribution >= 0.6 is 11.6 Å². The number of hydrogen-bond acceptors (Lipinski definition) is 4. The van der Waals surface area contributed by atoms with Gasteiger partial charge in [-0.25, -0.2) is 0 Å². The Morgan fingerprint density at radius 1 is 1.11 bits per heavy atom. The van der Waals surface area contributed by atoms with Crippen LogP contribution in [0.4, 0.5) is 5.69 Å². The van der Waals surface area contributed by atoms with Gasteiger partial charge in [-0.2, -0.15) is 0 Å². The van der Waals surface area contributed by atoms with E-state index in [0.29, 0.717) is 16.5 Å². The predicted octanol–water partition coefficient (Wildman–Crippen LogP) is 2.09. The van der Waals surface area contributed by atoms with Crippen LogP contribution in [0.3, 0.4) is 0 Å². The van der Waals surface area contributed by atoms with Gasteiger partial charge < -0.3 is 9.64 Å². The zero-order valence-corrected chi connectivity index (χ0v) is 16.0. The average molecular weight is 402 g/mol. The van der Waals surface area contributed by atoms with Crippen molar-refractivity contribution >= 4 is 35.0 Å². The lowest BCUT2D eigenvalue weighted by Gasteiger charge is -2.17. The number of methoxy groups -OCH3 is 1. The molecule has 2 N–H and O–H groups in total. The van der Waals surface area contributed by atoms with Crippen molar-refractivity contribution in [2.45, 2.75) is 12.8 Å². The molecule has 28 heavy (non-hydrogen) atoms. The first-order valence-corrected chi connectivity index (χ1v) is 9.11. The van der Waals surface area contributed by atoms with Crippen LogP contribution in [0, 0.1) is 5.92 Å². The average Bonchev–Trinajstić information content (AvgIpc) is 3.10. The minimum atomic E-state index is -0.537. The Hall–Kier alpha value is -3.06. The molecule has 0 bridgehead atoms. The topological polar surface area (TPSA) is 87.7 Å². The standard InChI is InChI=1S/C20H20ClN3O4/c1-28-17-8-6-16(7-9-17)24-12-14(11-19(24)26)20(27)23-22-18(25)10-13-2-4-15(21)5-3-13/h2-9,14H,10-12H2,1H3,(H,22,25)(H,23,27). The third-order valence-corrected chi connectivity index (χ3v) is 4.73. The van der Waals surface area contributed by atoms with Gasteiger partial charge in [0.25, 0.3) is 0 Å². The van der Waals surface area contributed by atoms with Crippen LogP contribution < -0.4 is 20.5 Å². The van der Waals surface area contributed by atoms with E-state index >= 15 is 0 Å². The maximum atomic E-state index is 12.3. The van der Waals surface area contributed by atoms with Crippen LogP contribution in [-0.2, 0) is 20.8 Å². The van der Waals surface area contributed by atoms with Crippen molar-refractivity contribution in [1.29, 1.82) is 0 Å². The molecular weight excluding hydrogens is 382 g/mol. The molecule has 3 rings (SSSR count). The van der Waals surface area contributed by atoms with E-state index in [0.717, 1.165) is 5.56 Å². The fourth-order valence-electron chi connectivity index (χ4n) is 2.96. The fraction of sp³-hybridized carbons (Fsp3) is 0.250. The minimum Gasteiger partial charge on any atom is -0.497 e. The normalized spacial score (nSPS) is 16.0. The molecule has 1 atom stereocenters. The second-order valence-electron chi connectivity index (χ2n) is 6.44. The minimum absolute atomic E-state index is 0.0882. The van der Waals surface area contributed by atoms with E-state index in [1.54, 1.807) is 60.5 Å². The number of benzene rings is 2. The Bertz CT molecular complexity index is 868. The van der Waals surface area contributed by atoms with Gasteiger partial charge in [-0.1, -0.05) is 23.7 Å². The molecule has 1 heterocycles. The lowest BCUT2D eigenvalue weighted by atomic mass is 10.1. The Labute approximate surface area is 167 Å². The van der Waals surface area contributed by atoms with Crippen molar-refractivity contribution in [3.63, 3.8) is 0 Å². The lowest BCUT2D eigenvalue weighted by Crippen LogP contribution is -2.45. The maximum absolute atomic E-state index is 12.3. The van der Waals surface area contributed by atoms with Crippen molar-refractivity contribution < 1.29 is 19.1 Å². The van der Waals surface area contributed by atoms with Crippen molar-refractivity contribution in [2.75, 3.05) is 18.6 Å². The van der Waals surface area contributed by atoms with Crippen LogP contribution in [0.5, 0.6) is 5.75 Å². The molecule has 0 spiro atoms. The van der Waals surface area contributed by atoms with Gasteiger partial charge >= 0.3 is 0 Å². The number of carbonyl (C=O) groups excluding carboxylic acids is 3. The predicted molar refractivity (Wildman–Crippen MR) is 105 cm³/mol. The molecule has 1 aliphatic rings. The van der Waals surface area contributed by atoms with Gasteiger partial charge in [-0.3, -0.25) is 25.2 Å². The summed E-state index contributed by atoms with van der Waals surface area (Å²) in [4.78, 5) is 38.1. The fourth-order valence-corrected chi connectivity index (χ4v) is 3.09. The number of halogens is 1. The highest BCUT2D eigenvalue weighted by Gasteiger charge is 2.35. The molecule has 1 saturated heterocycles. The van der Waals surface area contributed by atoms with Gasteiger partial charge in [-0.15, -0.1) is 0 Å². The number of rotatable bonds is 5. The van der Waals surface area contributed by atoms with E-state index in [4.69, 9.17) is 16.3 Å². The first kappa shape index (κ1) is 19.7. The van der Waals surface area contributed by atoms with E-state index in [1.165, 1.54) is 0 Å². The molecule has 8 heteroatoms. The van der Waals surface area contributed by atoms with Crippen molar-refractivity contribution in [1.82, 2.24) is 10.9 Å². The quantitative estimate of drug-likeness (QED) is 0.751. The van der Waals surface area contributed by atoms with E-state index in [9.17, 15) is 14.4 Å². The third kappa shape index (κ3) is 4.80. The Kier molecular flexibility index (Phi) is 6.16. The van der Waals surface area contributed by atoms with Crippen molar-refractivity contribution in [3.05, 3.63) is 59.1 Å². The highest BCUT2D eigenvalue weighted by Crippen LogP contribution is 2.26. The first-order valence-electron chi connectivity index (χ1n) is 8.74. The van der Waals surface area contributed by atoms with E-state index < -0.39 is 11.8 Å². The van der Waals surface area contributed by atoms with Crippen LogP contribution in [0.1, 0.15) is 12.0 Å². The number of hydrogen-bond donors (Lipinski definition) is 2. The number of nitrogens with one attached hydrogen (secondary N) is 2. The van der Waals surface area contributed by atoms with Gasteiger partial charge in [0, 0.05) is 23.7 Å². The zero-order chi connectivity index (χ0) is 20.1. The summed E-state index contributed by atoms with van der Waals surface area (Å²) in [7, 11) is 1.57. The number of amides is 3. The summed E-state index contributed by atoms with van der Waals surface area (Å²) in [6.07, 6.45) is 0.198. The molecule has 1 fully saturated rings. The van der Waals surface area contributed by atoms with Gasteiger partial charge in [0.2, 0.25) is 17.7 Å². The number of anilines is 1. The second-order valence-corrected chi connectivity index (χ2v) is 6.88. The van der Waals surface area contributed by atoms with Crippen LogP contribution in [-0.4, -0.2) is 31.4 Å². The van der Waals surface area contributed by atoms with Crippen molar-refractivity contribution in [2.24, 2.45) is 5.92 Å². The molecule has 1 aliphatic heterocycles. The van der Waals surface area contributed by atoms with Crippen LogP contribution in [0.15, 0.2) is 48.5 Å². The lowest BCUT2D eigenvalue weighted by molar-refractivity contribution is -0.131. The van der Waals surface area contributed by atoms with Crippen LogP contribution in [0.2, 0.25) is 5.02 Å². The zero-order valence-electron chi connectivity index (χ0n) is 15.3. The maximum Gasteiger partial charge on any atom is 0.243 e. The Morgan fingerprint density at radius 3 is 2.43 bits per heavy atom. The van der Waals surface area contributed by atoms with E-state index in [1.807, 2.05) is 0 Å². The molecular formula is C20H20ClN3O4. The van der Waals surface area contributed by atoms with Gasteiger partial charge in [0.1, 0.15) is 5.75 Å². The van der Waals surface area contributed by atoms with Gasteiger partial charge in [0.15, 0.2) is 0 Å². The first-order chi connectivity index (χ1) is 13.5. The largest absolute Gasteiger partial charge is 0.497 e. The molecule has 0 radical (unpaired) electrons. The van der Waals surface area contributed by atoms with Gasteiger partial charge in [0.05, 0.1) is 19.4 Å². The van der Waals surface area contributed by atoms with Crippen LogP contribution in [0.25, 0.3) is 0 Å². The van der Waals surface area contributed by atoms with E-state index in [2.05, 4.69) is 10.9 Å². The summed E-state index contributed by atoms with van der Waals surface area (Å²) in [6, 6.07) is 13.9. The molecule has 0 aromatic heterocycles. The molecule has 3 amide bonds. The van der Waals surface area contributed by atoms with Gasteiger partial charge in [-0.05, 0) is 42.0 Å². The SMILES string of the molecule is COc1ccc(N2CC(C(=O)NNC(=O)Cc3ccc(Cl)cc3)CC2=O)cc1. The summed E-state index contributed by atoms with van der Waals surface area (Å²) < 4.78 is 5.11. The molecule has 1 unspecified atom stereocenters. The summed E-state index contributed by atoms with van der Waals surface area (Å²) in [5.74, 6) is -0.739. The highest BCUT2D eigenvalue weighted by atomic mass is 35.5. The monoisotopic (exact) mass is 401 g/mol. The van der Waals surface area contributed by atoms with Crippen molar-refractivity contribution in [3.8, 4) is 5.75 Å². The number of hydrazine groups is 1. The van der Waals surface area contributed by atoms with E-state index in [-0.39, 0.29) is 31.2 Å². The smallest absolute Gasteiger partial charge is 0.243 e.